The van der Waals surface area contributed by atoms with E-state index >= 15 is 0 Å². The lowest BCUT2D eigenvalue weighted by Crippen LogP contribution is -2.49. The molecule has 200 valence electrons. The summed E-state index contributed by atoms with van der Waals surface area (Å²) < 4.78 is 44.4. The molecule has 1 aliphatic heterocycles. The van der Waals surface area contributed by atoms with Crippen LogP contribution in [0, 0.1) is 12.8 Å². The molecule has 0 unspecified atom stereocenters. The van der Waals surface area contributed by atoms with Crippen LogP contribution in [0.25, 0.3) is 0 Å². The van der Waals surface area contributed by atoms with E-state index in [1.165, 1.54) is 36.4 Å². The van der Waals surface area contributed by atoms with Gasteiger partial charge < -0.3 is 15.4 Å². The highest BCUT2D eigenvalue weighted by Crippen LogP contribution is 2.44. The van der Waals surface area contributed by atoms with Gasteiger partial charge in [-0.2, -0.15) is 18.3 Å². The maximum absolute atomic E-state index is 13.6. The SMILES string of the molecule is Cc1ncc(C(=O)Nc2c3c(nn2CCC2CC2)C[C@]2(CCc4cc(OCC(F)(F)F)ccc42)NC3=O)s1. The van der Waals surface area contributed by atoms with Crippen LogP contribution in [0.1, 0.15) is 67.5 Å². The number of hydrogen-bond acceptors (Lipinski definition) is 6. The molecule has 3 aromatic rings. The van der Waals surface area contributed by atoms with E-state index in [2.05, 4.69) is 15.6 Å². The highest BCUT2D eigenvalue weighted by atomic mass is 32.1. The lowest BCUT2D eigenvalue weighted by molar-refractivity contribution is -0.153. The zero-order chi connectivity index (χ0) is 26.7. The molecule has 1 spiro atoms. The molecule has 8 nitrogen and oxygen atoms in total. The lowest BCUT2D eigenvalue weighted by Gasteiger charge is -2.35. The standard InChI is InChI=1S/C26H26F3N5O3S/c1-14-30-12-20(38-14)23(35)31-22-21-19(33-34(22)9-7-15-2-3-15)11-25(32-24(21)36)8-6-16-10-17(4-5-18(16)25)37-13-26(27,28)29/h4-5,10,12,15H,2-3,6-9,11,13H2,1H3,(H,31,35)(H,32,36)/t25-/m0/s1. The number of aromatic nitrogens is 3. The first-order valence-electron chi connectivity index (χ1n) is 12.6. The fraction of sp³-hybridized carbons (Fsp3) is 0.462. The van der Waals surface area contributed by atoms with Crippen molar-refractivity contribution in [1.29, 1.82) is 0 Å². The molecule has 0 saturated heterocycles. The molecule has 1 saturated carbocycles. The smallest absolute Gasteiger partial charge is 0.422 e. The lowest BCUT2D eigenvalue weighted by atomic mass is 9.82. The van der Waals surface area contributed by atoms with Crippen molar-refractivity contribution in [2.45, 2.75) is 63.7 Å². The molecule has 2 amide bonds. The van der Waals surface area contributed by atoms with E-state index in [1.54, 1.807) is 16.8 Å². The van der Waals surface area contributed by atoms with E-state index in [-0.39, 0.29) is 17.6 Å². The van der Waals surface area contributed by atoms with Crippen molar-refractivity contribution in [3.05, 3.63) is 56.7 Å². The summed E-state index contributed by atoms with van der Waals surface area (Å²) in [5, 5.41) is 11.6. The number of anilines is 1. The number of carbonyl (C=O) groups is 2. The summed E-state index contributed by atoms with van der Waals surface area (Å²) in [4.78, 5) is 31.2. The number of thiazole rings is 1. The average molecular weight is 546 g/mol. The van der Waals surface area contributed by atoms with E-state index in [9.17, 15) is 22.8 Å². The van der Waals surface area contributed by atoms with E-state index in [0.29, 0.717) is 53.7 Å². The third kappa shape index (κ3) is 4.77. The van der Waals surface area contributed by atoms with Crippen molar-refractivity contribution in [2.75, 3.05) is 11.9 Å². The van der Waals surface area contributed by atoms with Gasteiger partial charge in [0.1, 0.15) is 22.0 Å². The van der Waals surface area contributed by atoms with Crippen molar-refractivity contribution in [3.63, 3.8) is 0 Å². The van der Waals surface area contributed by atoms with Crippen LogP contribution in [0.2, 0.25) is 0 Å². The topological polar surface area (TPSA) is 98.1 Å². The van der Waals surface area contributed by atoms with Gasteiger partial charge in [-0.1, -0.05) is 18.9 Å². The number of nitrogens with one attached hydrogen (secondary N) is 2. The summed E-state index contributed by atoms with van der Waals surface area (Å²) in [5.74, 6) is 0.507. The Hall–Kier alpha value is -3.41. The Kier molecular flexibility index (Phi) is 5.97. The van der Waals surface area contributed by atoms with Crippen LogP contribution in [-0.2, 0) is 24.9 Å². The highest BCUT2D eigenvalue weighted by molar-refractivity contribution is 7.13. The molecule has 2 N–H and O–H groups in total. The van der Waals surface area contributed by atoms with Crippen molar-refractivity contribution < 1.29 is 27.5 Å². The summed E-state index contributed by atoms with van der Waals surface area (Å²) in [6, 6.07) is 4.86. The molecule has 0 bridgehead atoms. The molecule has 12 heteroatoms. The van der Waals surface area contributed by atoms with Gasteiger partial charge in [0.05, 0.1) is 22.4 Å². The van der Waals surface area contributed by atoms with Gasteiger partial charge in [-0.3, -0.25) is 9.59 Å². The maximum Gasteiger partial charge on any atom is 0.422 e. The number of aryl methyl sites for hydroxylation is 3. The first-order valence-corrected chi connectivity index (χ1v) is 13.4. The average Bonchev–Trinajstić information content (AvgIpc) is 3.35. The molecule has 1 aromatic carbocycles. The Morgan fingerprint density at radius 1 is 1.34 bits per heavy atom. The zero-order valence-electron chi connectivity index (χ0n) is 20.7. The van der Waals surface area contributed by atoms with Gasteiger partial charge in [-0.15, -0.1) is 11.3 Å². The predicted octanol–water partition coefficient (Wildman–Crippen LogP) is 4.77. The number of alkyl halides is 3. The highest BCUT2D eigenvalue weighted by Gasteiger charge is 2.47. The van der Waals surface area contributed by atoms with Crippen LogP contribution in [0.3, 0.4) is 0 Å². The molecule has 2 aromatic heterocycles. The minimum Gasteiger partial charge on any atom is -0.484 e. The summed E-state index contributed by atoms with van der Waals surface area (Å²) in [7, 11) is 0. The van der Waals surface area contributed by atoms with E-state index in [0.717, 1.165) is 22.6 Å². The van der Waals surface area contributed by atoms with Crippen LogP contribution in [0.15, 0.2) is 24.4 Å². The minimum absolute atomic E-state index is 0.147. The zero-order valence-corrected chi connectivity index (χ0v) is 21.5. The summed E-state index contributed by atoms with van der Waals surface area (Å²) in [6.07, 6.45) is 1.97. The largest absolute Gasteiger partial charge is 0.484 e. The number of rotatable bonds is 7. The second-order valence-corrected chi connectivity index (χ2v) is 11.5. The van der Waals surface area contributed by atoms with Crippen LogP contribution < -0.4 is 15.4 Å². The predicted molar refractivity (Wildman–Crippen MR) is 134 cm³/mol. The first kappa shape index (κ1) is 24.9. The van der Waals surface area contributed by atoms with Gasteiger partial charge in [0.2, 0.25) is 0 Å². The molecule has 38 heavy (non-hydrogen) atoms. The van der Waals surface area contributed by atoms with Gasteiger partial charge in [0, 0.05) is 13.0 Å². The Labute approximate surface area is 220 Å². The molecule has 3 heterocycles. The Bertz CT molecular complexity index is 1430. The molecule has 2 aliphatic carbocycles. The second kappa shape index (κ2) is 9.11. The third-order valence-electron chi connectivity index (χ3n) is 7.41. The first-order chi connectivity index (χ1) is 18.1. The van der Waals surface area contributed by atoms with Gasteiger partial charge in [0.25, 0.3) is 11.8 Å². The number of fused-ring (bicyclic) bond motifs is 3. The number of benzene rings is 1. The maximum atomic E-state index is 13.6. The molecule has 0 radical (unpaired) electrons. The van der Waals surface area contributed by atoms with E-state index < -0.39 is 18.3 Å². The van der Waals surface area contributed by atoms with Crippen molar-refractivity contribution >= 4 is 29.0 Å². The van der Waals surface area contributed by atoms with Crippen LogP contribution >= 0.6 is 11.3 Å². The minimum atomic E-state index is -4.42. The van der Waals surface area contributed by atoms with E-state index in [4.69, 9.17) is 9.84 Å². The van der Waals surface area contributed by atoms with Gasteiger partial charge >= 0.3 is 6.18 Å². The monoisotopic (exact) mass is 545 g/mol. The number of nitrogens with zero attached hydrogens (tertiary/aromatic N) is 3. The van der Waals surface area contributed by atoms with Crippen molar-refractivity contribution in [1.82, 2.24) is 20.1 Å². The van der Waals surface area contributed by atoms with Crippen LogP contribution in [0.5, 0.6) is 5.75 Å². The Balaban J connectivity index is 1.30. The normalized spacial score (nSPS) is 20.3. The molecule has 6 rings (SSSR count). The van der Waals surface area contributed by atoms with Crippen LogP contribution in [0.4, 0.5) is 19.0 Å². The summed E-state index contributed by atoms with van der Waals surface area (Å²) in [5.41, 5.74) is 1.95. The summed E-state index contributed by atoms with van der Waals surface area (Å²) >= 11 is 1.28. The molecule has 1 fully saturated rings. The van der Waals surface area contributed by atoms with Gasteiger partial charge in [0.15, 0.2) is 6.61 Å². The Morgan fingerprint density at radius 3 is 2.87 bits per heavy atom. The number of halogens is 3. The van der Waals surface area contributed by atoms with Crippen molar-refractivity contribution in [2.24, 2.45) is 5.92 Å². The van der Waals surface area contributed by atoms with Crippen molar-refractivity contribution in [3.8, 4) is 5.75 Å². The molecular weight excluding hydrogens is 519 g/mol. The second-order valence-electron chi connectivity index (χ2n) is 10.3. The fourth-order valence-electron chi connectivity index (χ4n) is 5.41. The summed E-state index contributed by atoms with van der Waals surface area (Å²) in [6.45, 7) is 1.05. The Morgan fingerprint density at radius 2 is 2.16 bits per heavy atom. The quantitative estimate of drug-likeness (QED) is 0.446. The van der Waals surface area contributed by atoms with Gasteiger partial charge in [-0.05, 0) is 55.4 Å². The van der Waals surface area contributed by atoms with Crippen LogP contribution in [-0.4, -0.2) is 39.4 Å². The molecule has 3 aliphatic rings. The fourth-order valence-corrected chi connectivity index (χ4v) is 6.09. The van der Waals surface area contributed by atoms with Gasteiger partial charge in [-0.25, -0.2) is 9.67 Å². The molecular formula is C26H26F3N5O3S. The molecule has 1 atom stereocenters. The number of hydrogen-bond donors (Lipinski definition) is 2. The number of carbonyl (C=O) groups excluding carboxylic acids is 2. The third-order valence-corrected chi connectivity index (χ3v) is 8.32. The number of amides is 2. The van der Waals surface area contributed by atoms with E-state index in [1.807, 2.05) is 6.92 Å². The number of ether oxygens (including phenoxy) is 1.